The fourth-order valence-electron chi connectivity index (χ4n) is 4.07. The van der Waals surface area contributed by atoms with Crippen LogP contribution in [-0.4, -0.2) is 17.8 Å². The molecule has 0 spiro atoms. The van der Waals surface area contributed by atoms with E-state index in [-0.39, 0.29) is 23.6 Å². The van der Waals surface area contributed by atoms with Crippen molar-refractivity contribution >= 4 is 17.3 Å². The third-order valence-corrected chi connectivity index (χ3v) is 6.46. The molecule has 2 rings (SSSR count). The maximum Gasteiger partial charge on any atom is 0.154 e. The van der Waals surface area contributed by atoms with E-state index in [2.05, 4.69) is 26.1 Å². The first-order chi connectivity index (χ1) is 13.3. The molecular weight excluding hydrogens is 380 g/mol. The third-order valence-electron chi connectivity index (χ3n) is 6.12. The fraction of sp³-hybridized carbons (Fsp3) is 0.652. The smallest absolute Gasteiger partial charge is 0.154 e. The van der Waals surface area contributed by atoms with Crippen molar-refractivity contribution in [2.24, 2.45) is 11.3 Å². The van der Waals surface area contributed by atoms with Gasteiger partial charge in [-0.3, -0.25) is 0 Å². The van der Waals surface area contributed by atoms with E-state index < -0.39 is 16.7 Å². The van der Waals surface area contributed by atoms with E-state index in [4.69, 9.17) is 11.6 Å². The lowest BCUT2D eigenvalue weighted by Gasteiger charge is -2.35. The van der Waals surface area contributed by atoms with E-state index >= 15 is 0 Å². The summed E-state index contributed by atoms with van der Waals surface area (Å²) in [6.45, 7) is 8.24. The SMILES string of the molecule is CCCCC(CCC)C(N/C(=C(\C)CO)c1ccc(F)c(Cl)c1F)C1(C)CC1. The number of hydrogen-bond acceptors (Lipinski definition) is 2. The van der Waals surface area contributed by atoms with Gasteiger partial charge in [-0.2, -0.15) is 0 Å². The topological polar surface area (TPSA) is 32.3 Å². The Bertz CT molecular complexity index is 700. The lowest BCUT2D eigenvalue weighted by Crippen LogP contribution is -2.42. The number of halogens is 3. The largest absolute Gasteiger partial charge is 0.392 e. The summed E-state index contributed by atoms with van der Waals surface area (Å²) in [5.41, 5.74) is 1.55. The minimum Gasteiger partial charge on any atom is -0.392 e. The van der Waals surface area contributed by atoms with Crippen molar-refractivity contribution in [3.8, 4) is 0 Å². The van der Waals surface area contributed by atoms with Crippen molar-refractivity contribution in [3.63, 3.8) is 0 Å². The Morgan fingerprint density at radius 3 is 2.43 bits per heavy atom. The Morgan fingerprint density at radius 2 is 1.89 bits per heavy atom. The summed E-state index contributed by atoms with van der Waals surface area (Å²) >= 11 is 5.83. The summed E-state index contributed by atoms with van der Waals surface area (Å²) in [5.74, 6) is -1.09. The minimum absolute atomic E-state index is 0.162. The van der Waals surface area contributed by atoms with Crippen molar-refractivity contribution in [1.82, 2.24) is 5.32 Å². The maximum absolute atomic E-state index is 14.8. The summed E-state index contributed by atoms with van der Waals surface area (Å²) in [7, 11) is 0. The van der Waals surface area contributed by atoms with Crippen LogP contribution in [0.4, 0.5) is 8.78 Å². The van der Waals surface area contributed by atoms with Crippen LogP contribution >= 0.6 is 11.6 Å². The van der Waals surface area contributed by atoms with Gasteiger partial charge in [-0.25, -0.2) is 8.78 Å². The molecule has 2 N–H and O–H groups in total. The van der Waals surface area contributed by atoms with Crippen LogP contribution in [0.1, 0.15) is 78.2 Å². The second-order valence-corrected chi connectivity index (χ2v) is 8.88. The molecule has 1 aliphatic rings. The predicted molar refractivity (Wildman–Crippen MR) is 113 cm³/mol. The van der Waals surface area contributed by atoms with Gasteiger partial charge in [-0.1, -0.05) is 51.6 Å². The molecule has 1 aromatic carbocycles. The second kappa shape index (κ2) is 10.1. The standard InChI is InChI=1S/C23H34ClF2NO/c1-5-7-9-16(8-6-2)22(23(4)12-13-23)27-21(15(3)14-28)17-10-11-18(25)19(24)20(17)26/h10-11,16,22,27-28H,5-9,12-14H2,1-4H3/b21-15+. The summed E-state index contributed by atoms with van der Waals surface area (Å²) in [5, 5.41) is 12.9. The van der Waals surface area contributed by atoms with Gasteiger partial charge in [-0.05, 0) is 61.6 Å². The molecule has 2 unspecified atom stereocenters. The van der Waals surface area contributed by atoms with Crippen molar-refractivity contribution in [1.29, 1.82) is 0 Å². The molecule has 0 saturated heterocycles. The average molecular weight is 414 g/mol. The molecule has 1 saturated carbocycles. The Hall–Kier alpha value is -1.13. The first kappa shape index (κ1) is 23.2. The van der Waals surface area contributed by atoms with Gasteiger partial charge in [0.15, 0.2) is 5.82 Å². The van der Waals surface area contributed by atoms with Crippen LogP contribution in [0, 0.1) is 23.0 Å². The number of benzene rings is 1. The quantitative estimate of drug-likeness (QED) is 0.395. The van der Waals surface area contributed by atoms with Gasteiger partial charge < -0.3 is 10.4 Å². The molecule has 158 valence electrons. The first-order valence-electron chi connectivity index (χ1n) is 10.5. The molecule has 0 radical (unpaired) electrons. The van der Waals surface area contributed by atoms with Crippen LogP contribution in [0.2, 0.25) is 5.02 Å². The van der Waals surface area contributed by atoms with E-state index in [9.17, 15) is 13.9 Å². The fourth-order valence-corrected chi connectivity index (χ4v) is 4.23. The molecule has 5 heteroatoms. The highest BCUT2D eigenvalue weighted by atomic mass is 35.5. The molecule has 1 aromatic rings. The Balaban J connectivity index is 2.44. The average Bonchev–Trinajstić information content (AvgIpc) is 3.43. The molecule has 0 aliphatic heterocycles. The highest BCUT2D eigenvalue weighted by Gasteiger charge is 2.48. The van der Waals surface area contributed by atoms with E-state index in [0.717, 1.165) is 44.9 Å². The molecule has 28 heavy (non-hydrogen) atoms. The summed E-state index contributed by atoms with van der Waals surface area (Å²) in [6, 6.07) is 2.77. The van der Waals surface area contributed by atoms with E-state index in [1.807, 2.05) is 0 Å². The molecule has 0 amide bonds. The highest BCUT2D eigenvalue weighted by molar-refractivity contribution is 6.31. The van der Waals surface area contributed by atoms with E-state index in [1.54, 1.807) is 6.92 Å². The third kappa shape index (κ3) is 5.27. The molecule has 2 atom stereocenters. The lowest BCUT2D eigenvalue weighted by atomic mass is 9.80. The van der Waals surface area contributed by atoms with Crippen LogP contribution < -0.4 is 5.32 Å². The Morgan fingerprint density at radius 1 is 1.21 bits per heavy atom. The minimum atomic E-state index is -0.780. The van der Waals surface area contributed by atoms with Crippen molar-refractivity contribution in [3.05, 3.63) is 39.9 Å². The van der Waals surface area contributed by atoms with Crippen LogP contribution in [0.5, 0.6) is 0 Å². The van der Waals surface area contributed by atoms with Crippen LogP contribution in [0.3, 0.4) is 0 Å². The highest BCUT2D eigenvalue weighted by Crippen LogP contribution is 2.52. The molecule has 1 aliphatic carbocycles. The van der Waals surface area contributed by atoms with E-state index in [1.165, 1.54) is 12.1 Å². The number of aliphatic hydroxyl groups excluding tert-OH is 1. The molecule has 0 aromatic heterocycles. The maximum atomic E-state index is 14.8. The van der Waals surface area contributed by atoms with Crippen LogP contribution in [0.15, 0.2) is 17.7 Å². The zero-order valence-corrected chi connectivity index (χ0v) is 18.3. The lowest BCUT2D eigenvalue weighted by molar-refractivity contribution is 0.245. The molecule has 0 bridgehead atoms. The van der Waals surface area contributed by atoms with Gasteiger partial charge in [0.05, 0.1) is 6.61 Å². The molecule has 1 fully saturated rings. The summed E-state index contributed by atoms with van der Waals surface area (Å²) in [4.78, 5) is 0. The normalized spacial score (nSPS) is 18.4. The Kier molecular flexibility index (Phi) is 8.32. The van der Waals surface area contributed by atoms with Crippen molar-refractivity contribution in [2.75, 3.05) is 6.61 Å². The van der Waals surface area contributed by atoms with Gasteiger partial charge in [-0.15, -0.1) is 0 Å². The van der Waals surface area contributed by atoms with Gasteiger partial charge in [0.25, 0.3) is 0 Å². The van der Waals surface area contributed by atoms with Gasteiger partial charge in [0.1, 0.15) is 10.8 Å². The zero-order chi connectivity index (χ0) is 20.9. The summed E-state index contributed by atoms with van der Waals surface area (Å²) < 4.78 is 28.5. The van der Waals surface area contributed by atoms with E-state index in [0.29, 0.717) is 17.2 Å². The number of hydrogen-bond donors (Lipinski definition) is 2. The molecular formula is C23H34ClF2NO. The number of nitrogens with one attached hydrogen (secondary N) is 1. The van der Waals surface area contributed by atoms with Crippen molar-refractivity contribution in [2.45, 2.75) is 78.7 Å². The van der Waals surface area contributed by atoms with Gasteiger partial charge in [0.2, 0.25) is 0 Å². The monoisotopic (exact) mass is 413 g/mol. The van der Waals surface area contributed by atoms with Crippen LogP contribution in [0.25, 0.3) is 5.70 Å². The number of rotatable bonds is 11. The Labute approximate surface area is 173 Å². The predicted octanol–water partition coefficient (Wildman–Crippen LogP) is 6.71. The molecule has 0 heterocycles. The van der Waals surface area contributed by atoms with Gasteiger partial charge >= 0.3 is 0 Å². The summed E-state index contributed by atoms with van der Waals surface area (Å²) in [6.07, 6.45) is 7.89. The zero-order valence-electron chi connectivity index (χ0n) is 17.5. The van der Waals surface area contributed by atoms with Gasteiger partial charge in [0, 0.05) is 17.3 Å². The number of unbranched alkanes of at least 4 members (excludes halogenated alkanes) is 1. The number of aliphatic hydroxyl groups is 1. The van der Waals surface area contributed by atoms with Crippen molar-refractivity contribution < 1.29 is 13.9 Å². The van der Waals surface area contributed by atoms with Crippen LogP contribution in [-0.2, 0) is 0 Å². The second-order valence-electron chi connectivity index (χ2n) is 8.50. The first-order valence-corrected chi connectivity index (χ1v) is 10.9. The molecule has 2 nitrogen and oxygen atoms in total.